The van der Waals surface area contributed by atoms with E-state index in [2.05, 4.69) is 45.6 Å². The average Bonchev–Trinajstić information content (AvgIpc) is 3.79. The third-order valence-corrected chi connectivity index (χ3v) is 8.11. The highest BCUT2D eigenvalue weighted by Gasteiger charge is 2.35. The molecule has 3 N–H and O–H groups in total. The predicted molar refractivity (Wildman–Crippen MR) is 179 cm³/mol. The lowest BCUT2D eigenvalue weighted by molar-refractivity contribution is -0.131. The highest BCUT2D eigenvalue weighted by molar-refractivity contribution is 7.13. The van der Waals surface area contributed by atoms with Crippen LogP contribution in [-0.2, 0) is 16.0 Å². The van der Waals surface area contributed by atoms with E-state index < -0.39 is 12.1 Å². The van der Waals surface area contributed by atoms with Gasteiger partial charge in [-0.05, 0) is 30.9 Å². The molecule has 2 amide bonds. The smallest absolute Gasteiger partial charge is 0.243 e. The number of nitrogens with zero attached hydrogens (tertiary/aromatic N) is 4. The number of aryl methyl sites for hydroxylation is 1. The Hall–Kier alpha value is -3.28. The van der Waals surface area contributed by atoms with E-state index in [1.165, 1.54) is 4.90 Å². The van der Waals surface area contributed by atoms with E-state index in [0.717, 1.165) is 65.9 Å². The summed E-state index contributed by atoms with van der Waals surface area (Å²) < 4.78 is 5.32. The van der Waals surface area contributed by atoms with E-state index in [0.29, 0.717) is 12.3 Å². The molecule has 2 aliphatic rings. The molecule has 3 aromatic rings. The summed E-state index contributed by atoms with van der Waals surface area (Å²) in [6.07, 6.45) is 1.23. The van der Waals surface area contributed by atoms with Gasteiger partial charge in [-0.1, -0.05) is 71.0 Å². The summed E-state index contributed by atoms with van der Waals surface area (Å²) in [6, 6.07) is 9.31. The van der Waals surface area contributed by atoms with Gasteiger partial charge in [0.2, 0.25) is 12.3 Å². The molecule has 1 unspecified atom stereocenters. The van der Waals surface area contributed by atoms with E-state index in [4.69, 9.17) is 4.52 Å². The second-order valence-corrected chi connectivity index (χ2v) is 11.7. The first-order chi connectivity index (χ1) is 21.2. The number of hydrogen-bond donors (Lipinski definition) is 3. The molecule has 0 bridgehead atoms. The number of aliphatic hydroxyl groups is 1. The van der Waals surface area contributed by atoms with Crippen LogP contribution < -0.4 is 15.5 Å². The number of β-amino-alcohol motifs (C(OH)–C–C–N with tert-alkyl or cyclic N) is 1. The van der Waals surface area contributed by atoms with E-state index in [-0.39, 0.29) is 24.9 Å². The number of benzene rings is 1. The molecule has 44 heavy (non-hydrogen) atoms. The van der Waals surface area contributed by atoms with Crippen LogP contribution in [0.3, 0.4) is 0 Å². The van der Waals surface area contributed by atoms with Gasteiger partial charge in [0.25, 0.3) is 0 Å². The van der Waals surface area contributed by atoms with Crippen molar-refractivity contribution < 1.29 is 19.2 Å². The lowest BCUT2D eigenvalue weighted by Gasteiger charge is -2.26. The normalized spacial score (nSPS) is 18.2. The molecule has 2 fully saturated rings. The first kappa shape index (κ1) is 36.9. The summed E-state index contributed by atoms with van der Waals surface area (Å²) in [7, 11) is 0. The maximum Gasteiger partial charge on any atom is 0.243 e. The molecule has 2 saturated heterocycles. The molecule has 0 spiro atoms. The van der Waals surface area contributed by atoms with Crippen LogP contribution in [0.25, 0.3) is 10.4 Å². The number of rotatable bonds is 8. The molecule has 0 aliphatic carbocycles. The zero-order valence-electron chi connectivity index (χ0n) is 27.7. The molecule has 2 aromatic heterocycles. The van der Waals surface area contributed by atoms with E-state index in [9.17, 15) is 14.7 Å². The highest BCUT2D eigenvalue weighted by Crippen LogP contribution is 2.28. The molecule has 3 atom stereocenters. The molecule has 5 rings (SSSR count). The third kappa shape index (κ3) is 10.7. The van der Waals surface area contributed by atoms with Crippen molar-refractivity contribution in [3.05, 3.63) is 52.9 Å². The summed E-state index contributed by atoms with van der Waals surface area (Å²) in [4.78, 5) is 32.5. The topological polar surface area (TPSA) is 124 Å². The number of piperazine rings is 1. The van der Waals surface area contributed by atoms with Crippen LogP contribution in [0.2, 0.25) is 0 Å². The maximum atomic E-state index is 12.4. The SMILES string of the molecule is CC.CC.CC(C)Cc1cc(N2CCNCC2)no1.Cc1ncsc1-c1ccc([C@H](C)NC(=O)[C@@H]2CC(O)CN2C=O)cc1. The minimum absolute atomic E-state index is 0.185. The Bertz CT molecular complexity index is 1240. The number of aliphatic hydroxyl groups excluding tert-OH is 1. The number of amides is 2. The van der Waals surface area contributed by atoms with Gasteiger partial charge in [0, 0.05) is 51.6 Å². The molecular formula is C33H52N6O4S. The number of hydrogen-bond acceptors (Lipinski definition) is 9. The molecule has 10 nitrogen and oxygen atoms in total. The van der Waals surface area contributed by atoms with Crippen LogP contribution in [0.4, 0.5) is 5.82 Å². The van der Waals surface area contributed by atoms with Crippen LogP contribution in [0, 0.1) is 12.8 Å². The molecule has 244 valence electrons. The number of thiazole rings is 1. The quantitative estimate of drug-likeness (QED) is 0.290. The summed E-state index contributed by atoms with van der Waals surface area (Å²) in [5.74, 6) is 2.37. The van der Waals surface area contributed by atoms with Crippen molar-refractivity contribution in [2.24, 2.45) is 5.92 Å². The fourth-order valence-corrected chi connectivity index (χ4v) is 5.76. The van der Waals surface area contributed by atoms with Gasteiger partial charge in [-0.2, -0.15) is 0 Å². The van der Waals surface area contributed by atoms with Crippen molar-refractivity contribution in [2.45, 2.75) is 86.4 Å². The highest BCUT2D eigenvalue weighted by atomic mass is 32.1. The zero-order chi connectivity index (χ0) is 32.6. The number of carbonyl (C=O) groups excluding carboxylic acids is 2. The number of anilines is 1. The zero-order valence-corrected chi connectivity index (χ0v) is 28.5. The van der Waals surface area contributed by atoms with Crippen molar-refractivity contribution >= 4 is 29.5 Å². The van der Waals surface area contributed by atoms with Gasteiger partial charge >= 0.3 is 0 Å². The lowest BCUT2D eigenvalue weighted by Crippen LogP contribution is -2.43. The number of aromatic nitrogens is 2. The Morgan fingerprint density at radius 2 is 1.82 bits per heavy atom. The summed E-state index contributed by atoms with van der Waals surface area (Å²) >= 11 is 1.60. The van der Waals surface area contributed by atoms with Gasteiger partial charge in [-0.3, -0.25) is 9.59 Å². The van der Waals surface area contributed by atoms with Gasteiger partial charge in [0.15, 0.2) is 5.82 Å². The summed E-state index contributed by atoms with van der Waals surface area (Å²) in [6.45, 7) is 20.6. The summed E-state index contributed by atoms with van der Waals surface area (Å²) in [5.41, 5.74) is 4.92. The molecule has 1 aromatic carbocycles. The first-order valence-corrected chi connectivity index (χ1v) is 16.7. The second kappa shape index (κ2) is 19.2. The average molecular weight is 629 g/mol. The van der Waals surface area contributed by atoms with Crippen LogP contribution in [0.15, 0.2) is 40.4 Å². The van der Waals surface area contributed by atoms with Crippen molar-refractivity contribution in [3.63, 3.8) is 0 Å². The monoisotopic (exact) mass is 628 g/mol. The predicted octanol–water partition coefficient (Wildman–Crippen LogP) is 5.22. The standard InChI is InChI=1S/C18H21N3O3S.C11H19N3O.2C2H6/c1-11(20-18(24)16-7-15(23)8-21(16)10-22)13-3-5-14(6-4-13)17-12(2)19-9-25-17;1-9(2)7-10-8-11(13-15-10)14-5-3-12-4-6-14;2*1-2/h3-6,9-11,15-16,23H,7-8H2,1-2H3,(H,20,24);8-9,12H,3-7H2,1-2H3;2*1-2H3/t11-,15?,16-;;;/m0.../s1. The fourth-order valence-electron chi connectivity index (χ4n) is 4.95. The maximum absolute atomic E-state index is 12.4. The van der Waals surface area contributed by atoms with Crippen LogP contribution >= 0.6 is 11.3 Å². The van der Waals surface area contributed by atoms with Crippen molar-refractivity contribution in [3.8, 4) is 10.4 Å². The van der Waals surface area contributed by atoms with Crippen molar-refractivity contribution in [2.75, 3.05) is 37.6 Å². The molecule has 2 aliphatic heterocycles. The Morgan fingerprint density at radius 3 is 2.39 bits per heavy atom. The minimum atomic E-state index is -0.641. The molecular weight excluding hydrogens is 576 g/mol. The van der Waals surface area contributed by atoms with Gasteiger partial charge < -0.3 is 30.1 Å². The molecule has 11 heteroatoms. The Balaban J connectivity index is 0.000000303. The Kier molecular flexibility index (Phi) is 16.1. The Labute approximate surface area is 267 Å². The largest absolute Gasteiger partial charge is 0.391 e. The number of likely N-dealkylation sites (tertiary alicyclic amines) is 1. The third-order valence-electron chi connectivity index (χ3n) is 7.13. The lowest BCUT2D eigenvalue weighted by atomic mass is 10.0. The van der Waals surface area contributed by atoms with Gasteiger partial charge in [-0.25, -0.2) is 4.98 Å². The van der Waals surface area contributed by atoms with Crippen molar-refractivity contribution in [1.82, 2.24) is 25.7 Å². The van der Waals surface area contributed by atoms with E-state index >= 15 is 0 Å². The molecule has 4 heterocycles. The summed E-state index contributed by atoms with van der Waals surface area (Å²) in [5, 5.41) is 20.0. The van der Waals surface area contributed by atoms with Crippen LogP contribution in [-0.4, -0.2) is 77.3 Å². The minimum Gasteiger partial charge on any atom is -0.391 e. The fraction of sp³-hybridized carbons (Fsp3) is 0.576. The first-order valence-electron chi connectivity index (χ1n) is 15.9. The van der Waals surface area contributed by atoms with Gasteiger partial charge in [-0.15, -0.1) is 11.3 Å². The van der Waals surface area contributed by atoms with Gasteiger partial charge in [0.1, 0.15) is 11.8 Å². The van der Waals surface area contributed by atoms with E-state index in [1.807, 2.05) is 71.3 Å². The number of carbonyl (C=O) groups is 2. The number of nitrogens with one attached hydrogen (secondary N) is 2. The van der Waals surface area contributed by atoms with E-state index in [1.54, 1.807) is 11.3 Å². The molecule has 0 radical (unpaired) electrons. The van der Waals surface area contributed by atoms with Crippen LogP contribution in [0.1, 0.15) is 77.9 Å². The van der Waals surface area contributed by atoms with Crippen molar-refractivity contribution in [1.29, 1.82) is 0 Å². The molecule has 0 saturated carbocycles. The Morgan fingerprint density at radius 1 is 1.16 bits per heavy atom. The van der Waals surface area contributed by atoms with Gasteiger partial charge in [0.05, 0.1) is 28.2 Å². The second-order valence-electron chi connectivity index (χ2n) is 10.8. The van der Waals surface area contributed by atoms with Crippen LogP contribution in [0.5, 0.6) is 0 Å².